The number of carbonyl (C=O) groups excluding carboxylic acids is 1. The Morgan fingerprint density at radius 3 is 2.63 bits per heavy atom. The quantitative estimate of drug-likeness (QED) is 0.554. The Kier molecular flexibility index (Phi) is 4.70. The van der Waals surface area contributed by atoms with Crippen molar-refractivity contribution in [1.82, 2.24) is 10.0 Å². The minimum absolute atomic E-state index is 0.254. The Labute approximate surface area is 160 Å². The van der Waals surface area contributed by atoms with Crippen LogP contribution in [0.5, 0.6) is 0 Å². The van der Waals surface area contributed by atoms with Crippen LogP contribution in [-0.4, -0.2) is 21.0 Å². The number of halogens is 2. The van der Waals surface area contributed by atoms with Crippen LogP contribution in [0.3, 0.4) is 0 Å². The Hall–Kier alpha value is -2.67. The van der Waals surface area contributed by atoms with E-state index >= 15 is 0 Å². The fraction of sp³-hybridized carbons (Fsp3) is 0.150. The number of hydroxylamine groups is 2. The third kappa shape index (κ3) is 3.35. The Balaban J connectivity index is 1.77. The van der Waals surface area contributed by atoms with Crippen molar-refractivity contribution in [2.24, 2.45) is 0 Å². The fourth-order valence-corrected chi connectivity index (χ4v) is 3.48. The number of benzene rings is 1. The van der Waals surface area contributed by atoms with Crippen LogP contribution in [0.15, 0.2) is 67.0 Å². The average Bonchev–Trinajstić information content (AvgIpc) is 2.68. The van der Waals surface area contributed by atoms with Gasteiger partial charge in [-0.1, -0.05) is 29.8 Å². The van der Waals surface area contributed by atoms with Gasteiger partial charge in [-0.3, -0.25) is 4.79 Å². The van der Waals surface area contributed by atoms with Gasteiger partial charge in [0.2, 0.25) is 6.17 Å². The molecule has 1 aromatic carbocycles. The Morgan fingerprint density at radius 1 is 1.15 bits per heavy atom. The standard InChI is InChI=1S/C20H16ClFN3O2/c21-17-9-4-13(12-23-17)11-18-24-10-2-1-3-16(24)20(26)19(25(18)27)14-5-7-15(22)8-6-14/h1-10,12,18-19,27H,11H2/q+1. The van der Waals surface area contributed by atoms with E-state index in [1.165, 1.54) is 24.3 Å². The van der Waals surface area contributed by atoms with Crippen molar-refractivity contribution in [3.8, 4) is 0 Å². The molecule has 1 aliphatic rings. The van der Waals surface area contributed by atoms with E-state index in [1.807, 2.05) is 6.07 Å². The zero-order valence-electron chi connectivity index (χ0n) is 14.2. The molecule has 1 aliphatic heterocycles. The van der Waals surface area contributed by atoms with Crippen LogP contribution in [0, 0.1) is 5.82 Å². The van der Waals surface area contributed by atoms with Crippen molar-refractivity contribution in [3.05, 3.63) is 94.8 Å². The molecule has 0 radical (unpaired) electrons. The van der Waals surface area contributed by atoms with E-state index in [4.69, 9.17) is 11.6 Å². The number of rotatable bonds is 3. The predicted octanol–water partition coefficient (Wildman–Crippen LogP) is 3.53. The first-order valence-electron chi connectivity index (χ1n) is 8.42. The molecule has 4 rings (SSSR count). The molecule has 0 bridgehead atoms. The van der Waals surface area contributed by atoms with Crippen LogP contribution in [0.25, 0.3) is 0 Å². The zero-order chi connectivity index (χ0) is 19.0. The van der Waals surface area contributed by atoms with Gasteiger partial charge in [-0.15, -0.1) is 5.06 Å². The highest BCUT2D eigenvalue weighted by molar-refractivity contribution is 6.29. The summed E-state index contributed by atoms with van der Waals surface area (Å²) >= 11 is 5.85. The predicted molar refractivity (Wildman–Crippen MR) is 95.7 cm³/mol. The molecule has 2 atom stereocenters. The van der Waals surface area contributed by atoms with Crippen molar-refractivity contribution in [3.63, 3.8) is 0 Å². The molecular weight excluding hydrogens is 369 g/mol. The molecule has 2 unspecified atom stereocenters. The molecule has 5 nitrogen and oxygen atoms in total. The topological polar surface area (TPSA) is 57.3 Å². The summed E-state index contributed by atoms with van der Waals surface area (Å²) < 4.78 is 15.0. The van der Waals surface area contributed by atoms with Crippen molar-refractivity contribution in [1.29, 1.82) is 0 Å². The number of carbonyl (C=O) groups is 1. The molecule has 0 amide bonds. The van der Waals surface area contributed by atoms with E-state index in [-0.39, 0.29) is 5.78 Å². The third-order valence-electron chi connectivity index (χ3n) is 4.67. The largest absolute Gasteiger partial charge is 0.307 e. The normalized spacial score (nSPS) is 19.7. The molecule has 0 saturated carbocycles. The zero-order valence-corrected chi connectivity index (χ0v) is 14.9. The van der Waals surface area contributed by atoms with E-state index in [0.717, 1.165) is 10.6 Å². The van der Waals surface area contributed by atoms with Gasteiger partial charge in [0.1, 0.15) is 17.0 Å². The second-order valence-electron chi connectivity index (χ2n) is 6.37. The molecule has 3 aromatic rings. The minimum Gasteiger partial charge on any atom is -0.307 e. The summed E-state index contributed by atoms with van der Waals surface area (Å²) in [5.41, 5.74) is 1.86. The van der Waals surface area contributed by atoms with E-state index in [0.29, 0.717) is 22.8 Å². The second-order valence-corrected chi connectivity index (χ2v) is 6.75. The molecule has 0 fully saturated rings. The maximum atomic E-state index is 13.3. The lowest BCUT2D eigenvalue weighted by Crippen LogP contribution is -2.59. The molecule has 27 heavy (non-hydrogen) atoms. The first kappa shape index (κ1) is 17.7. The van der Waals surface area contributed by atoms with Gasteiger partial charge in [0, 0.05) is 18.3 Å². The Morgan fingerprint density at radius 2 is 1.93 bits per heavy atom. The summed E-state index contributed by atoms with van der Waals surface area (Å²) in [6.45, 7) is 0. The van der Waals surface area contributed by atoms with Gasteiger partial charge in [-0.05, 0) is 35.4 Å². The molecule has 0 saturated heterocycles. The number of fused-ring (bicyclic) bond motifs is 1. The smallest absolute Gasteiger partial charge is 0.252 e. The van der Waals surface area contributed by atoms with E-state index in [2.05, 4.69) is 4.98 Å². The van der Waals surface area contributed by atoms with E-state index in [9.17, 15) is 14.4 Å². The van der Waals surface area contributed by atoms with Gasteiger partial charge in [-0.25, -0.2) is 9.37 Å². The Bertz CT molecular complexity index is 979. The maximum Gasteiger partial charge on any atom is 0.252 e. The van der Waals surface area contributed by atoms with Gasteiger partial charge >= 0.3 is 0 Å². The number of nitrogens with zero attached hydrogens (tertiary/aromatic N) is 3. The van der Waals surface area contributed by atoms with Crippen molar-refractivity contribution < 1.29 is 19.0 Å². The number of aromatic nitrogens is 2. The maximum absolute atomic E-state index is 13.3. The van der Waals surface area contributed by atoms with Crippen LogP contribution in [0.4, 0.5) is 4.39 Å². The first-order chi connectivity index (χ1) is 13.0. The number of pyridine rings is 2. The lowest BCUT2D eigenvalue weighted by molar-refractivity contribution is -0.764. The summed E-state index contributed by atoms with van der Waals surface area (Å²) in [5, 5.41) is 12.3. The highest BCUT2D eigenvalue weighted by Gasteiger charge is 2.46. The average molecular weight is 385 g/mol. The van der Waals surface area contributed by atoms with Crippen LogP contribution in [0.1, 0.15) is 33.8 Å². The van der Waals surface area contributed by atoms with Gasteiger partial charge in [-0.2, -0.15) is 4.57 Å². The van der Waals surface area contributed by atoms with Crippen molar-refractivity contribution in [2.75, 3.05) is 0 Å². The first-order valence-corrected chi connectivity index (χ1v) is 8.80. The lowest BCUT2D eigenvalue weighted by Gasteiger charge is -2.33. The van der Waals surface area contributed by atoms with E-state index < -0.39 is 18.0 Å². The molecule has 7 heteroatoms. The molecule has 3 heterocycles. The van der Waals surface area contributed by atoms with Crippen LogP contribution in [-0.2, 0) is 6.42 Å². The monoisotopic (exact) mass is 384 g/mol. The van der Waals surface area contributed by atoms with Crippen LogP contribution in [0.2, 0.25) is 5.15 Å². The molecule has 1 N–H and O–H groups in total. The molecule has 136 valence electrons. The SMILES string of the molecule is O=C1c2cccc[n+]2C(Cc2ccc(Cl)nc2)N(O)C1c1ccc(F)cc1. The third-order valence-corrected chi connectivity index (χ3v) is 4.90. The highest BCUT2D eigenvalue weighted by atomic mass is 35.5. The molecular formula is C20H16ClFN3O2+. The number of ketones is 1. The summed E-state index contributed by atoms with van der Waals surface area (Å²) in [5.74, 6) is -0.653. The van der Waals surface area contributed by atoms with Crippen LogP contribution < -0.4 is 4.57 Å². The second kappa shape index (κ2) is 7.15. The number of hydrogen-bond acceptors (Lipinski definition) is 4. The molecule has 2 aromatic heterocycles. The van der Waals surface area contributed by atoms with Gasteiger partial charge < -0.3 is 5.21 Å². The highest BCUT2D eigenvalue weighted by Crippen LogP contribution is 2.32. The van der Waals surface area contributed by atoms with E-state index in [1.54, 1.807) is 41.2 Å². The van der Waals surface area contributed by atoms with Crippen molar-refractivity contribution >= 4 is 17.4 Å². The lowest BCUT2D eigenvalue weighted by atomic mass is 9.95. The summed E-state index contributed by atoms with van der Waals surface area (Å²) in [6.07, 6.45) is 3.28. The van der Waals surface area contributed by atoms with Gasteiger partial charge in [0.25, 0.3) is 11.5 Å². The molecule has 0 aliphatic carbocycles. The van der Waals surface area contributed by atoms with Gasteiger partial charge in [0.15, 0.2) is 6.20 Å². The number of hydrogen-bond donors (Lipinski definition) is 1. The summed E-state index contributed by atoms with van der Waals surface area (Å²) in [7, 11) is 0. The summed E-state index contributed by atoms with van der Waals surface area (Å²) in [6, 6.07) is 13.5. The summed E-state index contributed by atoms with van der Waals surface area (Å²) in [4.78, 5) is 17.1. The number of Topliss-reactive ketones (excluding diaryl/α,β-unsaturated/α-hetero) is 1. The fourth-order valence-electron chi connectivity index (χ4n) is 3.36. The molecule has 0 spiro atoms. The van der Waals surface area contributed by atoms with Crippen LogP contribution >= 0.6 is 11.6 Å². The van der Waals surface area contributed by atoms with Gasteiger partial charge in [0.05, 0.1) is 6.42 Å². The van der Waals surface area contributed by atoms with Crippen molar-refractivity contribution in [2.45, 2.75) is 18.6 Å². The minimum atomic E-state index is -0.918.